The zero-order valence-corrected chi connectivity index (χ0v) is 15.9. The Bertz CT molecular complexity index is 1050. The summed E-state index contributed by atoms with van der Waals surface area (Å²) in [5, 5.41) is 3.55. The molecule has 2 aromatic carbocycles. The van der Waals surface area contributed by atoms with Crippen molar-refractivity contribution in [2.24, 2.45) is 0 Å². The van der Waals surface area contributed by atoms with Gasteiger partial charge in [0.05, 0.1) is 22.0 Å². The van der Waals surface area contributed by atoms with E-state index in [9.17, 15) is 21.6 Å². The predicted molar refractivity (Wildman–Crippen MR) is 98.3 cm³/mol. The molecule has 0 aliphatic carbocycles. The molecule has 3 rings (SSSR count). The van der Waals surface area contributed by atoms with Gasteiger partial charge in [-0.15, -0.1) is 0 Å². The minimum Gasteiger partial charge on any atom is -0.268 e. The van der Waals surface area contributed by atoms with E-state index in [1.54, 1.807) is 23.0 Å². The van der Waals surface area contributed by atoms with Crippen LogP contribution in [-0.4, -0.2) is 18.2 Å². The molecule has 148 valence electrons. The van der Waals surface area contributed by atoms with Crippen molar-refractivity contribution in [3.63, 3.8) is 0 Å². The Hall–Kier alpha value is -2.36. The maximum atomic E-state index is 12.9. The third-order valence-electron chi connectivity index (χ3n) is 3.95. The predicted octanol–water partition coefficient (Wildman–Crippen LogP) is 4.08. The lowest BCUT2D eigenvalue weighted by Crippen LogP contribution is -2.23. The summed E-state index contributed by atoms with van der Waals surface area (Å²) in [6.07, 6.45) is -1.25. The molecule has 0 radical (unpaired) electrons. The fourth-order valence-electron chi connectivity index (χ4n) is 2.49. The molecular weight excluding hydrogens is 415 g/mol. The molecule has 0 atom stereocenters. The number of aromatic nitrogens is 2. The van der Waals surface area contributed by atoms with E-state index in [1.165, 1.54) is 0 Å². The Morgan fingerprint density at radius 1 is 1.07 bits per heavy atom. The van der Waals surface area contributed by atoms with Crippen molar-refractivity contribution < 1.29 is 21.6 Å². The van der Waals surface area contributed by atoms with Gasteiger partial charge in [0.15, 0.2) is 0 Å². The second-order valence-corrected chi connectivity index (χ2v) is 8.16. The molecule has 1 N–H and O–H groups in total. The van der Waals surface area contributed by atoms with Gasteiger partial charge in [-0.2, -0.15) is 18.3 Å². The highest BCUT2D eigenvalue weighted by atomic mass is 35.5. The van der Waals surface area contributed by atoms with Gasteiger partial charge in [-0.3, -0.25) is 4.68 Å². The number of hydrogen-bond acceptors (Lipinski definition) is 3. The maximum absolute atomic E-state index is 12.9. The Morgan fingerprint density at radius 3 is 2.36 bits per heavy atom. The van der Waals surface area contributed by atoms with Gasteiger partial charge in [0, 0.05) is 18.9 Å². The number of hydrogen-bond donors (Lipinski definition) is 1. The van der Waals surface area contributed by atoms with Crippen LogP contribution in [0.2, 0.25) is 5.02 Å². The van der Waals surface area contributed by atoms with Crippen molar-refractivity contribution in [3.8, 4) is 0 Å². The molecule has 0 saturated heterocycles. The van der Waals surface area contributed by atoms with Crippen LogP contribution in [-0.2, 0) is 29.3 Å². The van der Waals surface area contributed by atoms with E-state index < -0.39 is 31.7 Å². The zero-order valence-electron chi connectivity index (χ0n) is 14.3. The van der Waals surface area contributed by atoms with Crippen LogP contribution in [0.25, 0.3) is 0 Å². The topological polar surface area (TPSA) is 64.0 Å². The first kappa shape index (κ1) is 20.4. The molecule has 1 heterocycles. The second-order valence-electron chi connectivity index (χ2n) is 5.98. The second kappa shape index (κ2) is 7.94. The van der Waals surface area contributed by atoms with E-state index in [0.717, 1.165) is 17.7 Å². The number of nitrogens with one attached hydrogen (secondary N) is 1. The first-order chi connectivity index (χ1) is 13.1. The Labute approximate surface area is 164 Å². The van der Waals surface area contributed by atoms with Gasteiger partial charge in [-0.05, 0) is 35.4 Å². The van der Waals surface area contributed by atoms with Crippen molar-refractivity contribution in [3.05, 3.63) is 82.6 Å². The molecule has 1 aromatic heterocycles. The Kier molecular flexibility index (Phi) is 5.78. The standard InChI is InChI=1S/C18H15ClF3N3O2S/c19-17-7-6-15(10-16(17)18(20,21)22)28(26,27)24-11-13-2-4-14(5-3-13)12-25-9-1-8-23-25/h1-10,24H,11-12H2. The van der Waals surface area contributed by atoms with Crippen molar-refractivity contribution in [1.29, 1.82) is 0 Å². The van der Waals surface area contributed by atoms with E-state index in [-0.39, 0.29) is 6.54 Å². The average Bonchev–Trinajstić information content (AvgIpc) is 3.13. The monoisotopic (exact) mass is 429 g/mol. The van der Waals surface area contributed by atoms with E-state index in [1.807, 2.05) is 24.4 Å². The van der Waals surface area contributed by atoms with Gasteiger partial charge in [0.25, 0.3) is 0 Å². The summed E-state index contributed by atoms with van der Waals surface area (Å²) in [7, 11) is -4.13. The molecule has 0 saturated carbocycles. The normalized spacial score (nSPS) is 12.3. The molecule has 0 bridgehead atoms. The van der Waals surface area contributed by atoms with Gasteiger partial charge in [-0.25, -0.2) is 13.1 Å². The summed E-state index contributed by atoms with van der Waals surface area (Å²) in [6, 6.07) is 11.4. The highest BCUT2D eigenvalue weighted by Crippen LogP contribution is 2.35. The van der Waals surface area contributed by atoms with Gasteiger partial charge >= 0.3 is 6.18 Å². The molecule has 3 aromatic rings. The number of rotatable bonds is 6. The van der Waals surface area contributed by atoms with Crippen LogP contribution in [0.4, 0.5) is 13.2 Å². The molecule has 0 spiro atoms. The van der Waals surface area contributed by atoms with Crippen LogP contribution in [0.3, 0.4) is 0 Å². The highest BCUT2D eigenvalue weighted by molar-refractivity contribution is 7.89. The summed E-state index contributed by atoms with van der Waals surface area (Å²) in [4.78, 5) is -0.500. The molecule has 28 heavy (non-hydrogen) atoms. The van der Waals surface area contributed by atoms with Crippen molar-refractivity contribution >= 4 is 21.6 Å². The fraction of sp³-hybridized carbons (Fsp3) is 0.167. The third-order valence-corrected chi connectivity index (χ3v) is 5.68. The average molecular weight is 430 g/mol. The highest BCUT2D eigenvalue weighted by Gasteiger charge is 2.34. The summed E-state index contributed by atoms with van der Waals surface area (Å²) >= 11 is 5.53. The van der Waals surface area contributed by atoms with E-state index in [2.05, 4.69) is 9.82 Å². The van der Waals surface area contributed by atoms with E-state index >= 15 is 0 Å². The number of sulfonamides is 1. The van der Waals surface area contributed by atoms with Gasteiger partial charge in [-0.1, -0.05) is 35.9 Å². The molecule has 5 nitrogen and oxygen atoms in total. The Balaban J connectivity index is 1.70. The molecule has 0 aliphatic heterocycles. The lowest BCUT2D eigenvalue weighted by molar-refractivity contribution is -0.137. The number of halogens is 4. The number of nitrogens with zero attached hydrogens (tertiary/aromatic N) is 2. The van der Waals surface area contributed by atoms with E-state index in [0.29, 0.717) is 18.2 Å². The minimum atomic E-state index is -4.74. The quantitative estimate of drug-likeness (QED) is 0.642. The van der Waals surface area contributed by atoms with Gasteiger partial charge in [0.1, 0.15) is 0 Å². The summed E-state index contributed by atoms with van der Waals surface area (Å²) in [6.45, 7) is 0.512. The largest absolute Gasteiger partial charge is 0.417 e. The SMILES string of the molecule is O=S(=O)(NCc1ccc(Cn2cccn2)cc1)c1ccc(Cl)c(C(F)(F)F)c1. The minimum absolute atomic E-state index is 0.0612. The van der Waals surface area contributed by atoms with Gasteiger partial charge < -0.3 is 0 Å². The lowest BCUT2D eigenvalue weighted by atomic mass is 10.1. The maximum Gasteiger partial charge on any atom is 0.417 e. The number of alkyl halides is 3. The molecule has 0 aliphatic rings. The molecule has 0 amide bonds. The van der Waals surface area contributed by atoms with Crippen LogP contribution < -0.4 is 4.72 Å². The fourth-order valence-corrected chi connectivity index (χ4v) is 3.76. The van der Waals surface area contributed by atoms with Crippen LogP contribution in [0.1, 0.15) is 16.7 Å². The van der Waals surface area contributed by atoms with Gasteiger partial charge in [0.2, 0.25) is 10.0 Å². The smallest absolute Gasteiger partial charge is 0.268 e. The molecule has 10 heteroatoms. The van der Waals surface area contributed by atoms with Crippen LogP contribution in [0.5, 0.6) is 0 Å². The molecule has 0 fully saturated rings. The summed E-state index contributed by atoms with van der Waals surface area (Å²) in [5.74, 6) is 0. The molecular formula is C18H15ClF3N3O2S. The zero-order chi connectivity index (χ0) is 20.4. The van der Waals surface area contributed by atoms with E-state index in [4.69, 9.17) is 11.6 Å². The first-order valence-electron chi connectivity index (χ1n) is 8.07. The van der Waals surface area contributed by atoms with Crippen molar-refractivity contribution in [1.82, 2.24) is 14.5 Å². The Morgan fingerprint density at radius 2 is 1.75 bits per heavy atom. The van der Waals surface area contributed by atoms with Crippen LogP contribution in [0.15, 0.2) is 65.8 Å². The van der Waals surface area contributed by atoms with Crippen LogP contribution in [0, 0.1) is 0 Å². The lowest BCUT2D eigenvalue weighted by Gasteiger charge is -2.12. The van der Waals surface area contributed by atoms with Crippen LogP contribution >= 0.6 is 11.6 Å². The van der Waals surface area contributed by atoms with Crippen molar-refractivity contribution in [2.75, 3.05) is 0 Å². The third kappa shape index (κ3) is 4.92. The summed E-state index contributed by atoms with van der Waals surface area (Å²) in [5.41, 5.74) is 0.445. The molecule has 0 unspecified atom stereocenters. The van der Waals surface area contributed by atoms with Crippen molar-refractivity contribution in [2.45, 2.75) is 24.2 Å². The summed E-state index contributed by atoms with van der Waals surface area (Å²) < 4.78 is 67.5. The number of benzene rings is 2. The first-order valence-corrected chi connectivity index (χ1v) is 9.93.